The fourth-order valence-electron chi connectivity index (χ4n) is 1.66. The molecule has 0 unspecified atom stereocenters. The third kappa shape index (κ3) is 2.83. The van der Waals surface area contributed by atoms with Gasteiger partial charge in [-0.1, -0.05) is 29.3 Å². The molecule has 3 nitrogen and oxygen atoms in total. The van der Waals surface area contributed by atoms with E-state index in [1.165, 1.54) is 4.90 Å². The number of nitrogens with zero attached hydrogens (tertiary/aromatic N) is 1. The molecule has 0 saturated carbocycles. The lowest BCUT2D eigenvalue weighted by Crippen LogP contribution is -2.26. The Morgan fingerprint density at radius 1 is 1.11 bits per heavy atom. The van der Waals surface area contributed by atoms with Gasteiger partial charge in [-0.25, -0.2) is 0 Å². The number of carbonyl (C=O) groups excluding carboxylic acids is 1. The molecule has 0 aliphatic heterocycles. The van der Waals surface area contributed by atoms with Crippen molar-refractivity contribution >= 4 is 40.5 Å². The normalized spacial score (nSPS) is 10.3. The molecule has 2 N–H and O–H groups in total. The van der Waals surface area contributed by atoms with Gasteiger partial charge in [-0.15, -0.1) is 0 Å². The smallest absolute Gasteiger partial charge is 0.259 e. The summed E-state index contributed by atoms with van der Waals surface area (Å²) in [7, 11) is 1.67. The lowest BCUT2D eigenvalue weighted by Gasteiger charge is -2.18. The summed E-state index contributed by atoms with van der Waals surface area (Å²) in [6.07, 6.45) is 0. The number of rotatable bonds is 2. The molecule has 0 bridgehead atoms. The Hall–Kier alpha value is -1.71. The molecule has 2 aromatic carbocycles. The van der Waals surface area contributed by atoms with Crippen molar-refractivity contribution in [1.82, 2.24) is 0 Å². The predicted molar refractivity (Wildman–Crippen MR) is 80.0 cm³/mol. The van der Waals surface area contributed by atoms with Crippen LogP contribution in [-0.2, 0) is 0 Å². The van der Waals surface area contributed by atoms with Gasteiger partial charge in [0.25, 0.3) is 5.91 Å². The number of halogens is 2. The van der Waals surface area contributed by atoms with E-state index in [4.69, 9.17) is 28.9 Å². The van der Waals surface area contributed by atoms with Crippen LogP contribution in [0.2, 0.25) is 10.0 Å². The van der Waals surface area contributed by atoms with E-state index >= 15 is 0 Å². The van der Waals surface area contributed by atoms with Gasteiger partial charge in [0.1, 0.15) is 0 Å². The number of nitrogen functional groups attached to an aromatic ring is 1. The molecule has 0 aliphatic carbocycles. The number of hydrogen-bond acceptors (Lipinski definition) is 2. The topological polar surface area (TPSA) is 46.3 Å². The Bertz CT molecular complexity index is 611. The maximum atomic E-state index is 12.4. The summed E-state index contributed by atoms with van der Waals surface area (Å²) in [5, 5.41) is 0.620. The average Bonchev–Trinajstić information content (AvgIpc) is 2.41. The molecule has 2 aromatic rings. The van der Waals surface area contributed by atoms with Crippen molar-refractivity contribution < 1.29 is 4.79 Å². The Morgan fingerprint density at radius 3 is 2.37 bits per heavy atom. The van der Waals surface area contributed by atoms with Gasteiger partial charge in [-0.05, 0) is 36.4 Å². The number of hydrogen-bond donors (Lipinski definition) is 1. The molecule has 0 heterocycles. The average molecular weight is 295 g/mol. The summed E-state index contributed by atoms with van der Waals surface area (Å²) >= 11 is 12.0. The zero-order valence-electron chi connectivity index (χ0n) is 10.2. The van der Waals surface area contributed by atoms with Gasteiger partial charge in [-0.3, -0.25) is 4.79 Å². The first-order chi connectivity index (χ1) is 9.00. The molecule has 98 valence electrons. The van der Waals surface area contributed by atoms with Gasteiger partial charge >= 0.3 is 0 Å². The maximum absolute atomic E-state index is 12.4. The Morgan fingerprint density at radius 2 is 1.74 bits per heavy atom. The second-order valence-corrected chi connectivity index (χ2v) is 4.84. The van der Waals surface area contributed by atoms with Crippen LogP contribution in [0, 0.1) is 0 Å². The fraction of sp³-hybridized carbons (Fsp3) is 0.0714. The first kappa shape index (κ1) is 13.7. The van der Waals surface area contributed by atoms with Crippen LogP contribution < -0.4 is 10.6 Å². The first-order valence-corrected chi connectivity index (χ1v) is 6.34. The Kier molecular flexibility index (Phi) is 3.98. The third-order valence-electron chi connectivity index (χ3n) is 2.77. The van der Waals surface area contributed by atoms with Crippen LogP contribution >= 0.6 is 23.2 Å². The zero-order chi connectivity index (χ0) is 14.0. The van der Waals surface area contributed by atoms with Crippen LogP contribution in [0.1, 0.15) is 10.4 Å². The van der Waals surface area contributed by atoms with Crippen LogP contribution in [0.15, 0.2) is 42.5 Å². The largest absolute Gasteiger partial charge is 0.399 e. The highest BCUT2D eigenvalue weighted by atomic mass is 35.5. The first-order valence-electron chi connectivity index (χ1n) is 5.58. The maximum Gasteiger partial charge on any atom is 0.259 e. The molecule has 0 atom stereocenters. The van der Waals surface area contributed by atoms with Crippen molar-refractivity contribution in [3.8, 4) is 0 Å². The standard InChI is InChI=1S/C14H12Cl2N2O/c1-18(10-7-5-9(17)6-8-10)14(19)11-3-2-4-12(15)13(11)16/h2-8H,17H2,1H3. The van der Waals surface area contributed by atoms with E-state index < -0.39 is 0 Å². The molecule has 0 fully saturated rings. The molecule has 19 heavy (non-hydrogen) atoms. The second kappa shape index (κ2) is 5.51. The van der Waals surface area contributed by atoms with E-state index in [1.807, 2.05) is 0 Å². The molecule has 0 radical (unpaired) electrons. The van der Waals surface area contributed by atoms with Crippen molar-refractivity contribution in [3.05, 3.63) is 58.1 Å². The van der Waals surface area contributed by atoms with E-state index in [1.54, 1.807) is 49.5 Å². The summed E-state index contributed by atoms with van der Waals surface area (Å²) in [5.74, 6) is -0.225. The van der Waals surface area contributed by atoms with Gasteiger partial charge in [0.05, 0.1) is 15.6 Å². The lowest BCUT2D eigenvalue weighted by molar-refractivity contribution is 0.0993. The van der Waals surface area contributed by atoms with Crippen LogP contribution in [0.5, 0.6) is 0 Å². The SMILES string of the molecule is CN(C(=O)c1cccc(Cl)c1Cl)c1ccc(N)cc1. The zero-order valence-corrected chi connectivity index (χ0v) is 11.7. The summed E-state index contributed by atoms with van der Waals surface area (Å²) in [6.45, 7) is 0. The molecule has 5 heteroatoms. The fourth-order valence-corrected chi connectivity index (χ4v) is 2.05. The molecule has 0 spiro atoms. The Labute approximate surface area is 121 Å². The quantitative estimate of drug-likeness (QED) is 0.855. The van der Waals surface area contributed by atoms with Gasteiger partial charge in [0.15, 0.2) is 0 Å². The number of benzene rings is 2. The van der Waals surface area contributed by atoms with Gasteiger partial charge in [0, 0.05) is 18.4 Å². The number of anilines is 2. The summed E-state index contributed by atoms with van der Waals surface area (Å²) in [6, 6.07) is 12.0. The van der Waals surface area contributed by atoms with Crippen molar-refractivity contribution in [2.45, 2.75) is 0 Å². The van der Waals surface area contributed by atoms with Crippen LogP contribution in [-0.4, -0.2) is 13.0 Å². The summed E-state index contributed by atoms with van der Waals surface area (Å²) < 4.78 is 0. The van der Waals surface area contributed by atoms with E-state index in [0.29, 0.717) is 16.3 Å². The van der Waals surface area contributed by atoms with Crippen molar-refractivity contribution in [2.75, 3.05) is 17.7 Å². The molecule has 0 aliphatic rings. The number of carbonyl (C=O) groups is 1. The molecule has 0 aromatic heterocycles. The number of nitrogens with two attached hydrogens (primary N) is 1. The van der Waals surface area contributed by atoms with Gasteiger partial charge < -0.3 is 10.6 Å². The minimum atomic E-state index is -0.225. The molecular weight excluding hydrogens is 283 g/mol. The highest BCUT2D eigenvalue weighted by Gasteiger charge is 2.17. The minimum absolute atomic E-state index is 0.225. The van der Waals surface area contributed by atoms with E-state index in [2.05, 4.69) is 0 Å². The lowest BCUT2D eigenvalue weighted by atomic mass is 10.2. The van der Waals surface area contributed by atoms with Crippen LogP contribution in [0.4, 0.5) is 11.4 Å². The van der Waals surface area contributed by atoms with Gasteiger partial charge in [0.2, 0.25) is 0 Å². The Balaban J connectivity index is 2.33. The number of amides is 1. The van der Waals surface area contributed by atoms with Crippen molar-refractivity contribution in [2.24, 2.45) is 0 Å². The van der Waals surface area contributed by atoms with Crippen LogP contribution in [0.25, 0.3) is 0 Å². The molecule has 1 amide bonds. The van der Waals surface area contributed by atoms with Gasteiger partial charge in [-0.2, -0.15) is 0 Å². The monoisotopic (exact) mass is 294 g/mol. The second-order valence-electron chi connectivity index (χ2n) is 4.06. The highest BCUT2D eigenvalue weighted by Crippen LogP contribution is 2.27. The van der Waals surface area contributed by atoms with E-state index in [0.717, 1.165) is 5.69 Å². The molecular formula is C14H12Cl2N2O. The minimum Gasteiger partial charge on any atom is -0.399 e. The predicted octanol–water partition coefficient (Wildman–Crippen LogP) is 3.85. The van der Waals surface area contributed by atoms with E-state index in [9.17, 15) is 4.79 Å². The van der Waals surface area contributed by atoms with E-state index in [-0.39, 0.29) is 10.9 Å². The van der Waals surface area contributed by atoms with Crippen molar-refractivity contribution in [3.63, 3.8) is 0 Å². The summed E-state index contributed by atoms with van der Waals surface area (Å²) in [5.41, 5.74) is 7.36. The molecule has 0 saturated heterocycles. The summed E-state index contributed by atoms with van der Waals surface area (Å²) in [4.78, 5) is 13.9. The third-order valence-corrected chi connectivity index (χ3v) is 3.59. The van der Waals surface area contributed by atoms with Crippen LogP contribution in [0.3, 0.4) is 0 Å². The highest BCUT2D eigenvalue weighted by molar-refractivity contribution is 6.44. The molecule has 2 rings (SSSR count). The van der Waals surface area contributed by atoms with Crippen molar-refractivity contribution in [1.29, 1.82) is 0 Å².